The second-order valence-corrected chi connectivity index (χ2v) is 6.00. The molecule has 0 saturated carbocycles. The van der Waals surface area contributed by atoms with Crippen LogP contribution in [0, 0.1) is 13.8 Å². The number of aryl methyl sites for hydroxylation is 3. The van der Waals surface area contributed by atoms with Crippen molar-refractivity contribution >= 4 is 0 Å². The lowest BCUT2D eigenvalue weighted by Crippen LogP contribution is -2.22. The normalized spacial score (nSPS) is 13.8. The van der Waals surface area contributed by atoms with E-state index in [2.05, 4.69) is 44.2 Å². The summed E-state index contributed by atoms with van der Waals surface area (Å²) in [6.45, 7) is 6.02. The molecule has 0 aliphatic rings. The lowest BCUT2D eigenvalue weighted by atomic mass is 9.88. The third-order valence-electron chi connectivity index (χ3n) is 3.90. The van der Waals surface area contributed by atoms with E-state index in [0.29, 0.717) is 6.42 Å². The van der Waals surface area contributed by atoms with Crippen LogP contribution < -0.4 is 4.74 Å². The lowest BCUT2D eigenvalue weighted by Gasteiger charge is -2.25. The fourth-order valence-electron chi connectivity index (χ4n) is 2.61. The Hall–Kier alpha value is -1.80. The fraction of sp³-hybridized carbons (Fsp3) is 0.368. The molecule has 2 aromatic carbocycles. The van der Waals surface area contributed by atoms with Crippen LogP contribution in [0.5, 0.6) is 5.75 Å². The number of aliphatic hydroxyl groups is 1. The predicted molar refractivity (Wildman–Crippen MR) is 86.8 cm³/mol. The molecule has 2 rings (SSSR count). The minimum absolute atomic E-state index is 0.697. The second-order valence-electron chi connectivity index (χ2n) is 6.00. The van der Waals surface area contributed by atoms with E-state index in [0.717, 1.165) is 17.7 Å². The number of rotatable bonds is 5. The molecule has 1 N–H and O–H groups in total. The van der Waals surface area contributed by atoms with Crippen molar-refractivity contribution in [3.8, 4) is 5.75 Å². The van der Waals surface area contributed by atoms with E-state index in [1.807, 2.05) is 19.1 Å². The first-order chi connectivity index (χ1) is 9.90. The SMILES string of the molecule is COc1ccc(CCC(C)(O)c2cc(C)cc(C)c2)cc1. The second kappa shape index (κ2) is 6.31. The van der Waals surface area contributed by atoms with Crippen molar-refractivity contribution in [3.05, 3.63) is 64.7 Å². The highest BCUT2D eigenvalue weighted by Crippen LogP contribution is 2.28. The molecule has 0 aliphatic carbocycles. The summed E-state index contributed by atoms with van der Waals surface area (Å²) >= 11 is 0. The molecule has 1 atom stereocenters. The van der Waals surface area contributed by atoms with Crippen LogP contribution >= 0.6 is 0 Å². The van der Waals surface area contributed by atoms with Crippen LogP contribution in [0.1, 0.15) is 35.6 Å². The van der Waals surface area contributed by atoms with Gasteiger partial charge < -0.3 is 9.84 Å². The van der Waals surface area contributed by atoms with Gasteiger partial charge in [-0.3, -0.25) is 0 Å². The van der Waals surface area contributed by atoms with Gasteiger partial charge in [0.15, 0.2) is 0 Å². The summed E-state index contributed by atoms with van der Waals surface area (Å²) in [7, 11) is 1.67. The van der Waals surface area contributed by atoms with Crippen LogP contribution in [0.15, 0.2) is 42.5 Å². The molecule has 2 aromatic rings. The molecule has 2 nitrogen and oxygen atoms in total. The molecule has 2 heteroatoms. The van der Waals surface area contributed by atoms with E-state index >= 15 is 0 Å². The van der Waals surface area contributed by atoms with E-state index in [4.69, 9.17) is 4.74 Å². The number of ether oxygens (including phenoxy) is 1. The molecule has 0 radical (unpaired) electrons. The van der Waals surface area contributed by atoms with Crippen molar-refractivity contribution in [1.29, 1.82) is 0 Å². The molecule has 0 spiro atoms. The van der Waals surface area contributed by atoms with Crippen molar-refractivity contribution in [3.63, 3.8) is 0 Å². The van der Waals surface area contributed by atoms with E-state index in [1.165, 1.54) is 16.7 Å². The summed E-state index contributed by atoms with van der Waals surface area (Å²) in [5.74, 6) is 0.861. The zero-order valence-corrected chi connectivity index (χ0v) is 13.3. The number of benzene rings is 2. The quantitative estimate of drug-likeness (QED) is 0.893. The lowest BCUT2D eigenvalue weighted by molar-refractivity contribution is 0.0479. The largest absolute Gasteiger partial charge is 0.497 e. The van der Waals surface area contributed by atoms with Gasteiger partial charge in [-0.1, -0.05) is 41.5 Å². The van der Waals surface area contributed by atoms with Crippen LogP contribution in [-0.4, -0.2) is 12.2 Å². The monoisotopic (exact) mass is 284 g/mol. The van der Waals surface area contributed by atoms with Gasteiger partial charge in [-0.2, -0.15) is 0 Å². The Labute approximate surface area is 127 Å². The topological polar surface area (TPSA) is 29.5 Å². The summed E-state index contributed by atoms with van der Waals surface area (Å²) in [4.78, 5) is 0. The van der Waals surface area contributed by atoms with E-state index in [1.54, 1.807) is 7.11 Å². The van der Waals surface area contributed by atoms with Crippen molar-refractivity contribution in [2.75, 3.05) is 7.11 Å². The van der Waals surface area contributed by atoms with Gasteiger partial charge in [0, 0.05) is 0 Å². The summed E-state index contributed by atoms with van der Waals surface area (Å²) < 4.78 is 5.16. The summed E-state index contributed by atoms with van der Waals surface area (Å²) in [6.07, 6.45) is 1.53. The van der Waals surface area contributed by atoms with Crippen LogP contribution in [0.4, 0.5) is 0 Å². The molecule has 0 amide bonds. The molecule has 21 heavy (non-hydrogen) atoms. The van der Waals surface area contributed by atoms with Gasteiger partial charge in [0.1, 0.15) is 5.75 Å². The van der Waals surface area contributed by atoms with E-state index in [-0.39, 0.29) is 0 Å². The Morgan fingerprint density at radius 2 is 1.57 bits per heavy atom. The molecule has 0 saturated heterocycles. The summed E-state index contributed by atoms with van der Waals surface area (Å²) in [5.41, 5.74) is 3.77. The van der Waals surface area contributed by atoms with Gasteiger partial charge in [-0.15, -0.1) is 0 Å². The van der Waals surface area contributed by atoms with Gasteiger partial charge in [-0.05, 0) is 56.9 Å². The first kappa shape index (κ1) is 15.6. The minimum atomic E-state index is -0.809. The maximum Gasteiger partial charge on any atom is 0.118 e. The number of methoxy groups -OCH3 is 1. The molecule has 0 aliphatic heterocycles. The Morgan fingerprint density at radius 1 is 1.00 bits per heavy atom. The Kier molecular flexibility index (Phi) is 4.69. The van der Waals surface area contributed by atoms with E-state index in [9.17, 15) is 5.11 Å². The van der Waals surface area contributed by atoms with Crippen molar-refractivity contribution < 1.29 is 9.84 Å². The fourth-order valence-corrected chi connectivity index (χ4v) is 2.61. The molecular formula is C19H24O2. The van der Waals surface area contributed by atoms with Gasteiger partial charge in [0.25, 0.3) is 0 Å². The average molecular weight is 284 g/mol. The molecule has 0 fully saturated rings. The number of hydrogen-bond donors (Lipinski definition) is 1. The predicted octanol–water partition coefficient (Wildman–Crippen LogP) is 4.15. The molecule has 1 unspecified atom stereocenters. The van der Waals surface area contributed by atoms with Crippen molar-refractivity contribution in [2.45, 2.75) is 39.2 Å². The first-order valence-corrected chi connectivity index (χ1v) is 7.35. The zero-order chi connectivity index (χ0) is 15.5. The first-order valence-electron chi connectivity index (χ1n) is 7.35. The average Bonchev–Trinajstić information content (AvgIpc) is 2.45. The van der Waals surface area contributed by atoms with Crippen LogP contribution in [0.3, 0.4) is 0 Å². The van der Waals surface area contributed by atoms with Gasteiger partial charge in [0.05, 0.1) is 12.7 Å². The Morgan fingerprint density at radius 3 is 2.10 bits per heavy atom. The highest BCUT2D eigenvalue weighted by molar-refractivity contribution is 5.33. The molecule has 0 aromatic heterocycles. The van der Waals surface area contributed by atoms with Crippen LogP contribution in [0.25, 0.3) is 0 Å². The van der Waals surface area contributed by atoms with Gasteiger partial charge in [-0.25, -0.2) is 0 Å². The maximum absolute atomic E-state index is 10.8. The molecule has 0 heterocycles. The summed E-state index contributed by atoms with van der Waals surface area (Å²) in [5, 5.41) is 10.8. The highest BCUT2D eigenvalue weighted by atomic mass is 16.5. The van der Waals surface area contributed by atoms with E-state index < -0.39 is 5.60 Å². The Bertz CT molecular complexity index is 577. The zero-order valence-electron chi connectivity index (χ0n) is 13.3. The molecule has 112 valence electrons. The summed E-state index contributed by atoms with van der Waals surface area (Å²) in [6, 6.07) is 14.3. The Balaban J connectivity index is 2.09. The standard InChI is InChI=1S/C19H24O2/c1-14-11-15(2)13-17(12-14)19(3,20)10-9-16-5-7-18(21-4)8-6-16/h5-8,11-13,20H,9-10H2,1-4H3. The number of hydrogen-bond acceptors (Lipinski definition) is 2. The molecular weight excluding hydrogens is 260 g/mol. The van der Waals surface area contributed by atoms with Gasteiger partial charge in [0.2, 0.25) is 0 Å². The van der Waals surface area contributed by atoms with Crippen LogP contribution in [-0.2, 0) is 12.0 Å². The van der Waals surface area contributed by atoms with Gasteiger partial charge >= 0.3 is 0 Å². The molecule has 0 bridgehead atoms. The third kappa shape index (κ3) is 4.08. The third-order valence-corrected chi connectivity index (χ3v) is 3.90. The minimum Gasteiger partial charge on any atom is -0.497 e. The van der Waals surface area contributed by atoms with Crippen molar-refractivity contribution in [1.82, 2.24) is 0 Å². The van der Waals surface area contributed by atoms with Crippen molar-refractivity contribution in [2.24, 2.45) is 0 Å². The van der Waals surface area contributed by atoms with Crippen LogP contribution in [0.2, 0.25) is 0 Å². The highest BCUT2D eigenvalue weighted by Gasteiger charge is 2.23. The smallest absolute Gasteiger partial charge is 0.118 e. The maximum atomic E-state index is 10.8.